The first kappa shape index (κ1) is 10.3. The minimum Gasteiger partial charge on any atom is -0.365 e. The normalized spacial score (nSPS) is 10.3. The molecule has 15 heavy (non-hydrogen) atoms. The summed E-state index contributed by atoms with van der Waals surface area (Å²) >= 11 is 7.39. The summed E-state index contributed by atoms with van der Waals surface area (Å²) in [5, 5.41) is 4.65. The molecule has 0 aromatic carbocycles. The van der Waals surface area contributed by atoms with Crippen molar-refractivity contribution in [3.05, 3.63) is 33.6 Å². The first-order chi connectivity index (χ1) is 7.24. The summed E-state index contributed by atoms with van der Waals surface area (Å²) in [5.41, 5.74) is 0. The lowest BCUT2D eigenvalue weighted by Gasteiger charge is -2.02. The van der Waals surface area contributed by atoms with E-state index in [-0.39, 0.29) is 0 Å². The smallest absolute Gasteiger partial charge is 0.134 e. The Labute approximate surface area is 96.4 Å². The van der Waals surface area contributed by atoms with Gasteiger partial charge in [-0.05, 0) is 6.92 Å². The number of rotatable bonds is 3. The largest absolute Gasteiger partial charge is 0.365 e. The van der Waals surface area contributed by atoms with Gasteiger partial charge in [0.1, 0.15) is 17.3 Å². The number of halogens is 1. The van der Waals surface area contributed by atoms with Crippen LogP contribution in [0.5, 0.6) is 0 Å². The second-order valence-electron chi connectivity index (χ2n) is 2.93. The molecular formula is C9H9ClN4S. The van der Waals surface area contributed by atoms with Crippen molar-refractivity contribution in [2.45, 2.75) is 13.5 Å². The van der Waals surface area contributed by atoms with E-state index in [0.717, 1.165) is 10.8 Å². The Kier molecular flexibility index (Phi) is 3.13. The van der Waals surface area contributed by atoms with Gasteiger partial charge >= 0.3 is 0 Å². The molecule has 0 radical (unpaired) electrons. The highest BCUT2D eigenvalue weighted by atomic mass is 35.5. The van der Waals surface area contributed by atoms with Gasteiger partial charge in [0.2, 0.25) is 0 Å². The van der Waals surface area contributed by atoms with Gasteiger partial charge in [-0.25, -0.2) is 15.0 Å². The minimum atomic E-state index is 0.438. The van der Waals surface area contributed by atoms with Crippen molar-refractivity contribution in [1.29, 1.82) is 0 Å². The molecule has 0 fully saturated rings. The lowest BCUT2D eigenvalue weighted by Crippen LogP contribution is -1.99. The summed E-state index contributed by atoms with van der Waals surface area (Å²) in [6, 6.07) is 1.69. The molecule has 1 N–H and O–H groups in total. The maximum absolute atomic E-state index is 5.73. The maximum Gasteiger partial charge on any atom is 0.134 e. The van der Waals surface area contributed by atoms with Crippen LogP contribution in [0.3, 0.4) is 0 Å². The van der Waals surface area contributed by atoms with Gasteiger partial charge in [-0.2, -0.15) is 0 Å². The number of nitrogens with zero attached hydrogens (tertiary/aromatic N) is 3. The third-order valence-corrected chi connectivity index (χ3v) is 2.87. The summed E-state index contributed by atoms with van der Waals surface area (Å²) in [6.45, 7) is 2.69. The van der Waals surface area contributed by atoms with E-state index in [2.05, 4.69) is 20.3 Å². The van der Waals surface area contributed by atoms with Gasteiger partial charge in [-0.3, -0.25) is 0 Å². The molecule has 0 spiro atoms. The molecule has 0 aliphatic rings. The minimum absolute atomic E-state index is 0.438. The van der Waals surface area contributed by atoms with Crippen molar-refractivity contribution >= 4 is 28.8 Å². The van der Waals surface area contributed by atoms with Crippen molar-refractivity contribution in [3.63, 3.8) is 0 Å². The third-order valence-electron chi connectivity index (χ3n) is 1.75. The average Bonchev–Trinajstić information content (AvgIpc) is 2.62. The van der Waals surface area contributed by atoms with Gasteiger partial charge in [0.25, 0.3) is 0 Å². The predicted octanol–water partition coefficient (Wildman–Crippen LogP) is 2.51. The van der Waals surface area contributed by atoms with Crippen LogP contribution in [0.25, 0.3) is 0 Å². The second kappa shape index (κ2) is 4.55. The molecule has 0 atom stereocenters. The van der Waals surface area contributed by atoms with Crippen molar-refractivity contribution < 1.29 is 0 Å². The summed E-state index contributed by atoms with van der Waals surface area (Å²) < 4.78 is 0. The van der Waals surface area contributed by atoms with Crippen molar-refractivity contribution in [1.82, 2.24) is 15.0 Å². The van der Waals surface area contributed by atoms with Crippen LogP contribution in [0, 0.1) is 6.92 Å². The highest BCUT2D eigenvalue weighted by Gasteiger charge is 1.99. The number of aryl methyl sites for hydroxylation is 1. The summed E-state index contributed by atoms with van der Waals surface area (Å²) in [5.74, 6) is 0.723. The highest BCUT2D eigenvalue weighted by molar-refractivity contribution is 7.11. The molecule has 2 heterocycles. The fourth-order valence-corrected chi connectivity index (χ4v) is 1.98. The predicted molar refractivity (Wildman–Crippen MR) is 61.2 cm³/mol. The lowest BCUT2D eigenvalue weighted by molar-refractivity contribution is 1.09. The molecule has 0 saturated heterocycles. The third kappa shape index (κ3) is 2.87. The molecule has 6 heteroatoms. The first-order valence-corrected chi connectivity index (χ1v) is 5.56. The number of hydrogen-bond donors (Lipinski definition) is 1. The number of anilines is 1. The van der Waals surface area contributed by atoms with E-state index in [1.165, 1.54) is 11.2 Å². The molecule has 0 saturated carbocycles. The van der Waals surface area contributed by atoms with E-state index in [9.17, 15) is 0 Å². The molecule has 0 amide bonds. The zero-order valence-corrected chi connectivity index (χ0v) is 9.64. The van der Waals surface area contributed by atoms with E-state index < -0.39 is 0 Å². The number of thiazole rings is 1. The van der Waals surface area contributed by atoms with Crippen LogP contribution in [0.1, 0.15) is 9.88 Å². The summed E-state index contributed by atoms with van der Waals surface area (Å²) in [6.07, 6.45) is 3.29. The highest BCUT2D eigenvalue weighted by Crippen LogP contribution is 2.14. The Balaban J connectivity index is 1.99. The van der Waals surface area contributed by atoms with E-state index in [0.29, 0.717) is 11.7 Å². The maximum atomic E-state index is 5.73. The van der Waals surface area contributed by atoms with E-state index >= 15 is 0 Å². The fraction of sp³-hybridized carbons (Fsp3) is 0.222. The Bertz CT molecular complexity index is 457. The topological polar surface area (TPSA) is 50.7 Å². The summed E-state index contributed by atoms with van der Waals surface area (Å²) in [4.78, 5) is 13.2. The van der Waals surface area contributed by atoms with Crippen LogP contribution < -0.4 is 5.32 Å². The van der Waals surface area contributed by atoms with Gasteiger partial charge in [0.05, 0.1) is 11.6 Å². The zero-order valence-electron chi connectivity index (χ0n) is 8.07. The fourth-order valence-electron chi connectivity index (χ4n) is 1.09. The standard InChI is InChI=1S/C9H9ClN4S/c1-6-11-3-7(15-6)4-12-9-2-8(10)13-5-14-9/h2-3,5H,4H2,1H3,(H,12,13,14). The van der Waals surface area contributed by atoms with Crippen molar-refractivity contribution in [2.24, 2.45) is 0 Å². The summed E-state index contributed by atoms with van der Waals surface area (Å²) in [7, 11) is 0. The molecular weight excluding hydrogens is 232 g/mol. The molecule has 0 aliphatic carbocycles. The SMILES string of the molecule is Cc1ncc(CNc2cc(Cl)ncn2)s1. The van der Waals surface area contributed by atoms with Crippen LogP contribution in [0.2, 0.25) is 5.15 Å². The average molecular weight is 241 g/mol. The van der Waals surface area contributed by atoms with E-state index in [1.54, 1.807) is 17.4 Å². The molecule has 2 rings (SSSR count). The number of aromatic nitrogens is 3. The van der Waals surface area contributed by atoms with Gasteiger partial charge in [0, 0.05) is 17.1 Å². The Hall–Kier alpha value is -1.20. The second-order valence-corrected chi connectivity index (χ2v) is 4.63. The number of nitrogens with one attached hydrogen (secondary N) is 1. The van der Waals surface area contributed by atoms with E-state index in [1.807, 2.05) is 13.1 Å². The molecule has 0 bridgehead atoms. The van der Waals surface area contributed by atoms with Crippen LogP contribution in [-0.4, -0.2) is 15.0 Å². The number of hydrogen-bond acceptors (Lipinski definition) is 5. The van der Waals surface area contributed by atoms with Crippen LogP contribution in [-0.2, 0) is 6.54 Å². The molecule has 0 unspecified atom stereocenters. The first-order valence-electron chi connectivity index (χ1n) is 4.37. The Morgan fingerprint density at radius 2 is 2.27 bits per heavy atom. The van der Waals surface area contributed by atoms with Crippen LogP contribution in [0.15, 0.2) is 18.6 Å². The zero-order chi connectivity index (χ0) is 10.7. The van der Waals surface area contributed by atoms with Gasteiger partial charge in [-0.15, -0.1) is 11.3 Å². The Morgan fingerprint density at radius 1 is 1.40 bits per heavy atom. The quantitative estimate of drug-likeness (QED) is 0.838. The Morgan fingerprint density at radius 3 is 2.93 bits per heavy atom. The van der Waals surface area contributed by atoms with E-state index in [4.69, 9.17) is 11.6 Å². The molecule has 2 aromatic rings. The lowest BCUT2D eigenvalue weighted by atomic mass is 10.5. The van der Waals surface area contributed by atoms with Gasteiger partial charge in [-0.1, -0.05) is 11.6 Å². The molecule has 2 aromatic heterocycles. The van der Waals surface area contributed by atoms with Crippen LogP contribution >= 0.6 is 22.9 Å². The molecule has 0 aliphatic heterocycles. The monoisotopic (exact) mass is 240 g/mol. The molecule has 78 valence electrons. The van der Waals surface area contributed by atoms with Gasteiger partial charge in [0.15, 0.2) is 0 Å². The van der Waals surface area contributed by atoms with Gasteiger partial charge < -0.3 is 5.32 Å². The van der Waals surface area contributed by atoms with Crippen LogP contribution in [0.4, 0.5) is 5.82 Å². The van der Waals surface area contributed by atoms with Crippen molar-refractivity contribution in [3.8, 4) is 0 Å². The van der Waals surface area contributed by atoms with Crippen molar-refractivity contribution in [2.75, 3.05) is 5.32 Å². The molecule has 4 nitrogen and oxygen atoms in total.